The van der Waals surface area contributed by atoms with Crippen LogP contribution in [-0.4, -0.2) is 25.3 Å². The number of rotatable bonds is 8. The lowest BCUT2D eigenvalue weighted by Crippen LogP contribution is -2.40. The van der Waals surface area contributed by atoms with Crippen LogP contribution in [0.2, 0.25) is 0 Å². The number of hydrogen-bond acceptors (Lipinski definition) is 2. The van der Waals surface area contributed by atoms with Crippen molar-refractivity contribution in [2.75, 3.05) is 19.7 Å². The van der Waals surface area contributed by atoms with Crippen LogP contribution < -0.4 is 5.32 Å². The predicted octanol–water partition coefficient (Wildman–Crippen LogP) is 2.58. The van der Waals surface area contributed by atoms with Crippen LogP contribution in [0.5, 0.6) is 0 Å². The molecule has 0 saturated heterocycles. The van der Waals surface area contributed by atoms with Gasteiger partial charge in [-0.25, -0.2) is 0 Å². The summed E-state index contributed by atoms with van der Waals surface area (Å²) in [5.41, 5.74) is 0.0329. The summed E-state index contributed by atoms with van der Waals surface area (Å²) in [6.07, 6.45) is 3.36. The largest absolute Gasteiger partial charge is 0.374 e. The third kappa shape index (κ3) is 6.05. The molecule has 0 aromatic carbocycles. The minimum Gasteiger partial charge on any atom is -0.374 e. The van der Waals surface area contributed by atoms with Gasteiger partial charge in [-0.05, 0) is 32.7 Å². The van der Waals surface area contributed by atoms with Crippen LogP contribution in [-0.2, 0) is 4.74 Å². The molecule has 0 bridgehead atoms. The average Bonchev–Trinajstić information content (AvgIpc) is 2.15. The van der Waals surface area contributed by atoms with E-state index in [-0.39, 0.29) is 5.60 Å². The van der Waals surface area contributed by atoms with Gasteiger partial charge in [0.2, 0.25) is 0 Å². The van der Waals surface area contributed by atoms with E-state index in [1.54, 1.807) is 0 Å². The van der Waals surface area contributed by atoms with Crippen LogP contribution in [0.4, 0.5) is 0 Å². The van der Waals surface area contributed by atoms with Crippen LogP contribution in [0.15, 0.2) is 0 Å². The van der Waals surface area contributed by atoms with E-state index in [1.165, 1.54) is 6.42 Å². The SMILES string of the molecule is CCCNCC(C)(CC)OCCC. The van der Waals surface area contributed by atoms with Crippen molar-refractivity contribution in [1.29, 1.82) is 0 Å². The van der Waals surface area contributed by atoms with Gasteiger partial charge < -0.3 is 10.1 Å². The standard InChI is InChI=1S/C11H25NO/c1-5-8-12-10-11(4,7-3)13-9-6-2/h12H,5-10H2,1-4H3. The maximum Gasteiger partial charge on any atom is 0.0775 e. The van der Waals surface area contributed by atoms with Gasteiger partial charge >= 0.3 is 0 Å². The van der Waals surface area contributed by atoms with Gasteiger partial charge in [-0.15, -0.1) is 0 Å². The van der Waals surface area contributed by atoms with Crippen molar-refractivity contribution >= 4 is 0 Å². The Morgan fingerprint density at radius 2 is 1.85 bits per heavy atom. The van der Waals surface area contributed by atoms with E-state index in [1.807, 2.05) is 0 Å². The van der Waals surface area contributed by atoms with Gasteiger partial charge in [0.05, 0.1) is 5.60 Å². The minimum atomic E-state index is 0.0329. The lowest BCUT2D eigenvalue weighted by atomic mass is 10.0. The summed E-state index contributed by atoms with van der Waals surface area (Å²) in [4.78, 5) is 0. The normalized spacial score (nSPS) is 15.7. The van der Waals surface area contributed by atoms with Crippen LogP contribution in [0.1, 0.15) is 47.0 Å². The summed E-state index contributed by atoms with van der Waals surface area (Å²) in [6, 6.07) is 0. The summed E-state index contributed by atoms with van der Waals surface area (Å²) in [5.74, 6) is 0. The molecule has 0 aliphatic heterocycles. The Bertz CT molecular complexity index is 117. The van der Waals surface area contributed by atoms with Gasteiger partial charge in [0, 0.05) is 13.2 Å². The molecule has 1 N–H and O–H groups in total. The van der Waals surface area contributed by atoms with Crippen LogP contribution in [0.25, 0.3) is 0 Å². The Morgan fingerprint density at radius 3 is 2.31 bits per heavy atom. The number of ether oxygens (including phenoxy) is 1. The molecule has 13 heavy (non-hydrogen) atoms. The van der Waals surface area contributed by atoms with Crippen molar-refractivity contribution in [2.24, 2.45) is 0 Å². The molecule has 0 rings (SSSR count). The van der Waals surface area contributed by atoms with Crippen molar-refractivity contribution in [2.45, 2.75) is 52.6 Å². The monoisotopic (exact) mass is 187 g/mol. The summed E-state index contributed by atoms with van der Waals surface area (Å²) < 4.78 is 5.81. The van der Waals surface area contributed by atoms with Gasteiger partial charge in [-0.2, -0.15) is 0 Å². The van der Waals surface area contributed by atoms with E-state index >= 15 is 0 Å². The second-order valence-corrected chi connectivity index (χ2v) is 3.83. The zero-order valence-electron chi connectivity index (χ0n) is 9.65. The third-order valence-corrected chi connectivity index (χ3v) is 2.33. The Labute approximate surface area is 83.1 Å². The Balaban J connectivity index is 3.67. The molecule has 80 valence electrons. The van der Waals surface area contributed by atoms with Crippen molar-refractivity contribution < 1.29 is 4.74 Å². The Hall–Kier alpha value is -0.0800. The first kappa shape index (κ1) is 12.9. The molecule has 1 atom stereocenters. The second-order valence-electron chi connectivity index (χ2n) is 3.83. The first-order chi connectivity index (χ1) is 6.18. The van der Waals surface area contributed by atoms with Crippen LogP contribution in [0, 0.1) is 0 Å². The quantitative estimate of drug-likeness (QED) is 0.590. The maximum absolute atomic E-state index is 5.81. The molecule has 0 aliphatic carbocycles. The average molecular weight is 187 g/mol. The number of nitrogens with one attached hydrogen (secondary N) is 1. The Kier molecular flexibility index (Phi) is 7.29. The van der Waals surface area contributed by atoms with Gasteiger partial charge in [0.1, 0.15) is 0 Å². The molecule has 0 amide bonds. The molecule has 1 unspecified atom stereocenters. The van der Waals surface area contributed by atoms with Gasteiger partial charge in [-0.1, -0.05) is 20.8 Å². The summed E-state index contributed by atoms with van der Waals surface area (Å²) in [5, 5.41) is 3.41. The van der Waals surface area contributed by atoms with E-state index in [9.17, 15) is 0 Å². The fraction of sp³-hybridized carbons (Fsp3) is 1.00. The fourth-order valence-corrected chi connectivity index (χ4v) is 1.16. The van der Waals surface area contributed by atoms with E-state index in [0.717, 1.165) is 32.5 Å². The first-order valence-corrected chi connectivity index (χ1v) is 5.53. The van der Waals surface area contributed by atoms with Gasteiger partial charge in [0.25, 0.3) is 0 Å². The summed E-state index contributed by atoms with van der Waals surface area (Å²) >= 11 is 0. The van der Waals surface area contributed by atoms with Gasteiger partial charge in [-0.3, -0.25) is 0 Å². The second kappa shape index (κ2) is 7.34. The zero-order valence-corrected chi connectivity index (χ0v) is 9.65. The molecule has 0 aromatic heterocycles. The molecule has 0 heterocycles. The lowest BCUT2D eigenvalue weighted by Gasteiger charge is -2.29. The lowest BCUT2D eigenvalue weighted by molar-refractivity contribution is -0.0326. The van der Waals surface area contributed by atoms with Crippen molar-refractivity contribution in [1.82, 2.24) is 5.32 Å². The molecule has 0 fully saturated rings. The molecule has 0 saturated carbocycles. The molecule has 2 nitrogen and oxygen atoms in total. The highest BCUT2D eigenvalue weighted by Crippen LogP contribution is 2.14. The summed E-state index contributed by atoms with van der Waals surface area (Å²) in [7, 11) is 0. The molecule has 0 spiro atoms. The molecule has 0 radical (unpaired) electrons. The van der Waals surface area contributed by atoms with Crippen molar-refractivity contribution in [3.05, 3.63) is 0 Å². The molecular formula is C11H25NO. The molecular weight excluding hydrogens is 162 g/mol. The van der Waals surface area contributed by atoms with Crippen molar-refractivity contribution in [3.63, 3.8) is 0 Å². The Morgan fingerprint density at radius 1 is 1.15 bits per heavy atom. The van der Waals surface area contributed by atoms with Crippen LogP contribution in [0.3, 0.4) is 0 Å². The zero-order chi connectivity index (χ0) is 10.2. The molecule has 2 heteroatoms. The first-order valence-electron chi connectivity index (χ1n) is 5.53. The fourth-order valence-electron chi connectivity index (χ4n) is 1.16. The van der Waals surface area contributed by atoms with E-state index in [4.69, 9.17) is 4.74 Å². The third-order valence-electron chi connectivity index (χ3n) is 2.33. The van der Waals surface area contributed by atoms with Crippen molar-refractivity contribution in [3.8, 4) is 0 Å². The van der Waals surface area contributed by atoms with E-state index in [0.29, 0.717) is 0 Å². The molecule has 0 aromatic rings. The predicted molar refractivity (Wildman–Crippen MR) is 58.1 cm³/mol. The smallest absolute Gasteiger partial charge is 0.0775 e. The maximum atomic E-state index is 5.81. The molecule has 0 aliphatic rings. The van der Waals surface area contributed by atoms with Gasteiger partial charge in [0.15, 0.2) is 0 Å². The highest BCUT2D eigenvalue weighted by Gasteiger charge is 2.21. The highest BCUT2D eigenvalue weighted by molar-refractivity contribution is 4.76. The van der Waals surface area contributed by atoms with E-state index in [2.05, 4.69) is 33.0 Å². The van der Waals surface area contributed by atoms with E-state index < -0.39 is 0 Å². The highest BCUT2D eigenvalue weighted by atomic mass is 16.5. The number of hydrogen-bond donors (Lipinski definition) is 1. The minimum absolute atomic E-state index is 0.0329. The summed E-state index contributed by atoms with van der Waals surface area (Å²) in [6.45, 7) is 11.6. The topological polar surface area (TPSA) is 21.3 Å². The van der Waals surface area contributed by atoms with Crippen LogP contribution >= 0.6 is 0 Å².